The molecule has 1 aliphatic carbocycles. The fourth-order valence-electron chi connectivity index (χ4n) is 2.29. The number of benzene rings is 1. The van der Waals surface area contributed by atoms with Gasteiger partial charge < -0.3 is 15.8 Å². The third-order valence-corrected chi connectivity index (χ3v) is 3.38. The quantitative estimate of drug-likeness (QED) is 0.817. The SMILES string of the molecule is C=CCNC1CCCCC1.NC(=O)OCc1ccccc1. The van der Waals surface area contributed by atoms with E-state index in [0.29, 0.717) is 0 Å². The predicted molar refractivity (Wildman–Crippen MR) is 85.9 cm³/mol. The molecule has 4 heteroatoms. The molecule has 4 nitrogen and oxygen atoms in total. The van der Waals surface area contributed by atoms with Crippen LogP contribution in [0.1, 0.15) is 37.7 Å². The maximum absolute atomic E-state index is 10.2. The third kappa shape index (κ3) is 8.87. The van der Waals surface area contributed by atoms with Gasteiger partial charge in [-0.1, -0.05) is 55.7 Å². The first-order valence-electron chi connectivity index (χ1n) is 7.53. The number of hydrogen-bond donors (Lipinski definition) is 2. The molecule has 21 heavy (non-hydrogen) atoms. The number of carbonyl (C=O) groups is 1. The van der Waals surface area contributed by atoms with Crippen molar-refractivity contribution in [1.82, 2.24) is 5.32 Å². The summed E-state index contributed by atoms with van der Waals surface area (Å²) < 4.78 is 4.57. The lowest BCUT2D eigenvalue weighted by Gasteiger charge is -2.21. The molecule has 1 aromatic carbocycles. The van der Waals surface area contributed by atoms with Crippen molar-refractivity contribution in [2.75, 3.05) is 6.54 Å². The second kappa shape index (κ2) is 10.9. The molecule has 0 aromatic heterocycles. The van der Waals surface area contributed by atoms with Crippen molar-refractivity contribution in [2.45, 2.75) is 44.8 Å². The minimum Gasteiger partial charge on any atom is -0.445 e. The minimum atomic E-state index is -0.742. The number of primary amides is 1. The van der Waals surface area contributed by atoms with Crippen molar-refractivity contribution >= 4 is 6.09 Å². The Morgan fingerprint density at radius 2 is 1.95 bits per heavy atom. The second-order valence-electron chi connectivity index (χ2n) is 5.13. The maximum Gasteiger partial charge on any atom is 0.404 e. The molecule has 0 spiro atoms. The van der Waals surface area contributed by atoms with Crippen molar-refractivity contribution < 1.29 is 9.53 Å². The van der Waals surface area contributed by atoms with E-state index < -0.39 is 6.09 Å². The van der Waals surface area contributed by atoms with Crippen LogP contribution in [0.3, 0.4) is 0 Å². The lowest BCUT2D eigenvalue weighted by Crippen LogP contribution is -2.30. The average molecular weight is 290 g/mol. The van der Waals surface area contributed by atoms with E-state index in [1.807, 2.05) is 36.4 Å². The number of rotatable bonds is 5. The predicted octanol–water partition coefficient (Wildman–Crippen LogP) is 3.38. The van der Waals surface area contributed by atoms with Gasteiger partial charge in [-0.2, -0.15) is 0 Å². The number of hydrogen-bond acceptors (Lipinski definition) is 3. The van der Waals surface area contributed by atoms with Crippen molar-refractivity contribution in [1.29, 1.82) is 0 Å². The first-order chi connectivity index (χ1) is 10.2. The van der Waals surface area contributed by atoms with Gasteiger partial charge in [0.1, 0.15) is 6.61 Å². The van der Waals surface area contributed by atoms with Crippen LogP contribution < -0.4 is 11.1 Å². The summed E-state index contributed by atoms with van der Waals surface area (Å²) in [5.41, 5.74) is 5.72. The Labute approximate surface area is 127 Å². The lowest BCUT2D eigenvalue weighted by atomic mass is 9.96. The molecule has 0 bridgehead atoms. The summed E-state index contributed by atoms with van der Waals surface area (Å²) in [6.45, 7) is 4.91. The van der Waals surface area contributed by atoms with Gasteiger partial charge in [0.2, 0.25) is 0 Å². The summed E-state index contributed by atoms with van der Waals surface area (Å²) in [6, 6.07) is 10.2. The zero-order valence-corrected chi connectivity index (χ0v) is 12.6. The van der Waals surface area contributed by atoms with Crippen LogP contribution in [0.2, 0.25) is 0 Å². The second-order valence-corrected chi connectivity index (χ2v) is 5.13. The number of nitrogens with one attached hydrogen (secondary N) is 1. The molecule has 1 aromatic rings. The van der Waals surface area contributed by atoms with E-state index in [1.165, 1.54) is 32.1 Å². The Balaban J connectivity index is 0.000000211. The van der Waals surface area contributed by atoms with Crippen LogP contribution in [0.4, 0.5) is 4.79 Å². The molecule has 1 amide bonds. The molecule has 0 radical (unpaired) electrons. The van der Waals surface area contributed by atoms with Crippen molar-refractivity contribution in [3.05, 3.63) is 48.6 Å². The molecule has 1 saturated carbocycles. The van der Waals surface area contributed by atoms with E-state index in [0.717, 1.165) is 18.2 Å². The number of nitrogens with two attached hydrogens (primary N) is 1. The van der Waals surface area contributed by atoms with Gasteiger partial charge >= 0.3 is 6.09 Å². The zero-order valence-electron chi connectivity index (χ0n) is 12.6. The Kier molecular flexibility index (Phi) is 8.96. The van der Waals surface area contributed by atoms with Crippen LogP contribution in [-0.2, 0) is 11.3 Å². The van der Waals surface area contributed by atoms with E-state index in [2.05, 4.69) is 16.6 Å². The molecule has 0 atom stereocenters. The Bertz CT molecular complexity index is 401. The molecular formula is C17H26N2O2. The highest BCUT2D eigenvalue weighted by atomic mass is 16.5. The zero-order chi connectivity index (χ0) is 15.3. The Hall–Kier alpha value is -1.81. The van der Waals surface area contributed by atoms with Crippen LogP contribution in [0, 0.1) is 0 Å². The van der Waals surface area contributed by atoms with Gasteiger partial charge in [-0.15, -0.1) is 6.58 Å². The fourth-order valence-corrected chi connectivity index (χ4v) is 2.29. The number of carbonyl (C=O) groups excluding carboxylic acids is 1. The number of amides is 1. The molecule has 0 saturated heterocycles. The van der Waals surface area contributed by atoms with Crippen molar-refractivity contribution in [3.63, 3.8) is 0 Å². The standard InChI is InChI=1S/C9H17N.C8H9NO2/c1-2-8-10-9-6-4-3-5-7-9;9-8(10)11-6-7-4-2-1-3-5-7/h2,9-10H,1,3-8H2;1-5H,6H2,(H2,9,10). The van der Waals surface area contributed by atoms with Gasteiger partial charge in [0, 0.05) is 12.6 Å². The lowest BCUT2D eigenvalue weighted by molar-refractivity contribution is 0.150. The van der Waals surface area contributed by atoms with Gasteiger partial charge in [0.15, 0.2) is 0 Å². The van der Waals surface area contributed by atoms with E-state index in [-0.39, 0.29) is 6.61 Å². The summed E-state index contributed by atoms with van der Waals surface area (Å²) >= 11 is 0. The summed E-state index contributed by atoms with van der Waals surface area (Å²) in [4.78, 5) is 10.2. The summed E-state index contributed by atoms with van der Waals surface area (Å²) in [7, 11) is 0. The summed E-state index contributed by atoms with van der Waals surface area (Å²) in [5.74, 6) is 0. The van der Waals surface area contributed by atoms with Crippen molar-refractivity contribution in [3.8, 4) is 0 Å². The van der Waals surface area contributed by atoms with Gasteiger partial charge in [-0.05, 0) is 18.4 Å². The first kappa shape index (κ1) is 17.2. The molecule has 0 aliphatic heterocycles. The largest absolute Gasteiger partial charge is 0.445 e. The molecule has 0 unspecified atom stereocenters. The first-order valence-corrected chi connectivity index (χ1v) is 7.53. The molecule has 116 valence electrons. The highest BCUT2D eigenvalue weighted by molar-refractivity contribution is 5.64. The highest BCUT2D eigenvalue weighted by Crippen LogP contribution is 2.16. The molecular weight excluding hydrogens is 264 g/mol. The van der Waals surface area contributed by atoms with Gasteiger partial charge in [-0.25, -0.2) is 4.79 Å². The minimum absolute atomic E-state index is 0.246. The molecule has 0 heterocycles. The highest BCUT2D eigenvalue weighted by Gasteiger charge is 2.10. The van der Waals surface area contributed by atoms with Gasteiger partial charge in [-0.3, -0.25) is 0 Å². The fraction of sp³-hybridized carbons (Fsp3) is 0.471. The number of ether oxygens (including phenoxy) is 1. The summed E-state index contributed by atoms with van der Waals surface area (Å²) in [6.07, 6.45) is 8.19. The normalized spacial score (nSPS) is 14.7. The van der Waals surface area contributed by atoms with Crippen LogP contribution in [0.25, 0.3) is 0 Å². The topological polar surface area (TPSA) is 64.3 Å². The molecule has 1 fully saturated rings. The molecule has 3 N–H and O–H groups in total. The van der Waals surface area contributed by atoms with Crippen molar-refractivity contribution in [2.24, 2.45) is 5.73 Å². The maximum atomic E-state index is 10.2. The average Bonchev–Trinajstić information content (AvgIpc) is 2.53. The Morgan fingerprint density at radius 1 is 1.29 bits per heavy atom. The molecule has 1 aliphatic rings. The van der Waals surface area contributed by atoms with Gasteiger partial charge in [0.25, 0.3) is 0 Å². The molecule has 2 rings (SSSR count). The smallest absolute Gasteiger partial charge is 0.404 e. The van der Waals surface area contributed by atoms with E-state index >= 15 is 0 Å². The van der Waals surface area contributed by atoms with Crippen LogP contribution in [-0.4, -0.2) is 18.7 Å². The van der Waals surface area contributed by atoms with E-state index in [4.69, 9.17) is 5.73 Å². The third-order valence-electron chi connectivity index (χ3n) is 3.38. The van der Waals surface area contributed by atoms with Crippen LogP contribution in [0.5, 0.6) is 0 Å². The summed E-state index contributed by atoms with van der Waals surface area (Å²) in [5, 5.41) is 3.45. The monoisotopic (exact) mass is 290 g/mol. The van der Waals surface area contributed by atoms with Gasteiger partial charge in [0.05, 0.1) is 0 Å². The van der Waals surface area contributed by atoms with E-state index in [1.54, 1.807) is 0 Å². The van der Waals surface area contributed by atoms with Crippen LogP contribution >= 0.6 is 0 Å². The van der Waals surface area contributed by atoms with Crippen LogP contribution in [0.15, 0.2) is 43.0 Å². The Morgan fingerprint density at radius 3 is 2.52 bits per heavy atom. The van der Waals surface area contributed by atoms with E-state index in [9.17, 15) is 4.79 Å².